The van der Waals surface area contributed by atoms with Crippen LogP contribution in [0.2, 0.25) is 0 Å². The van der Waals surface area contributed by atoms with E-state index in [-0.39, 0.29) is 11.7 Å². The van der Waals surface area contributed by atoms with Crippen molar-refractivity contribution in [3.05, 3.63) is 0 Å². The third-order valence-electron chi connectivity index (χ3n) is 4.17. The van der Waals surface area contributed by atoms with E-state index in [9.17, 15) is 4.79 Å². The van der Waals surface area contributed by atoms with Crippen molar-refractivity contribution < 1.29 is 9.53 Å². The van der Waals surface area contributed by atoms with Gasteiger partial charge >= 0.3 is 0 Å². The summed E-state index contributed by atoms with van der Waals surface area (Å²) in [5, 5.41) is 3.44. The number of nitrogens with zero attached hydrogens (tertiary/aromatic N) is 1. The molecule has 0 radical (unpaired) electrons. The zero-order chi connectivity index (χ0) is 11.2. The monoisotopic (exact) mass is 224 g/mol. The van der Waals surface area contributed by atoms with Crippen molar-refractivity contribution in [1.29, 1.82) is 0 Å². The van der Waals surface area contributed by atoms with Gasteiger partial charge in [0.1, 0.15) is 0 Å². The summed E-state index contributed by atoms with van der Waals surface area (Å²) in [4.78, 5) is 14.3. The van der Waals surface area contributed by atoms with Crippen LogP contribution in [0.4, 0.5) is 0 Å². The molecule has 1 atom stereocenters. The minimum absolute atomic E-state index is 0.148. The van der Waals surface area contributed by atoms with E-state index < -0.39 is 0 Å². The lowest BCUT2D eigenvalue weighted by atomic mass is 9.99. The number of hydrogen-bond acceptors (Lipinski definition) is 3. The van der Waals surface area contributed by atoms with E-state index in [4.69, 9.17) is 4.74 Å². The van der Waals surface area contributed by atoms with Crippen molar-refractivity contribution >= 4 is 5.91 Å². The van der Waals surface area contributed by atoms with E-state index in [2.05, 4.69) is 12.2 Å². The molecule has 3 fully saturated rings. The molecule has 3 rings (SSSR count). The number of carbonyl (C=O) groups is 1. The van der Waals surface area contributed by atoms with Crippen LogP contribution in [0.25, 0.3) is 0 Å². The zero-order valence-corrected chi connectivity index (χ0v) is 9.87. The number of ether oxygens (including phenoxy) is 1. The number of hydrogen-bond donors (Lipinski definition) is 1. The molecule has 1 spiro atoms. The van der Waals surface area contributed by atoms with E-state index in [1.807, 2.05) is 4.90 Å². The molecule has 2 saturated heterocycles. The van der Waals surface area contributed by atoms with E-state index in [1.54, 1.807) is 0 Å². The second-order valence-electron chi connectivity index (χ2n) is 5.42. The minimum Gasteiger partial charge on any atom is -0.381 e. The summed E-state index contributed by atoms with van der Waals surface area (Å²) in [6.45, 7) is 4.74. The Kier molecular flexibility index (Phi) is 2.44. The molecule has 1 amide bonds. The number of nitrogens with one attached hydrogen (secondary N) is 1. The summed E-state index contributed by atoms with van der Waals surface area (Å²) in [7, 11) is 0. The molecule has 0 bridgehead atoms. The van der Waals surface area contributed by atoms with Gasteiger partial charge in [0.25, 0.3) is 0 Å². The summed E-state index contributed by atoms with van der Waals surface area (Å²) in [6.07, 6.45) is 4.48. The van der Waals surface area contributed by atoms with Gasteiger partial charge in [-0.05, 0) is 38.5 Å². The first kappa shape index (κ1) is 10.5. The van der Waals surface area contributed by atoms with Gasteiger partial charge in [0.05, 0.1) is 11.7 Å². The first-order chi connectivity index (χ1) is 7.71. The predicted molar refractivity (Wildman–Crippen MR) is 59.8 cm³/mol. The molecule has 1 saturated carbocycles. The van der Waals surface area contributed by atoms with Crippen molar-refractivity contribution in [2.24, 2.45) is 5.92 Å². The highest BCUT2D eigenvalue weighted by Gasteiger charge is 2.58. The fourth-order valence-corrected chi connectivity index (χ4v) is 2.92. The van der Waals surface area contributed by atoms with Crippen LogP contribution in [-0.4, -0.2) is 42.3 Å². The molecule has 0 aromatic carbocycles. The molecule has 0 aromatic rings. The Morgan fingerprint density at radius 2 is 2.12 bits per heavy atom. The van der Waals surface area contributed by atoms with Crippen molar-refractivity contribution in [1.82, 2.24) is 10.2 Å². The minimum atomic E-state index is -0.148. The van der Waals surface area contributed by atoms with Crippen LogP contribution in [0.15, 0.2) is 0 Å². The molecule has 3 aliphatic rings. The van der Waals surface area contributed by atoms with Gasteiger partial charge in [-0.15, -0.1) is 0 Å². The third kappa shape index (κ3) is 1.64. The van der Waals surface area contributed by atoms with Gasteiger partial charge in [-0.3, -0.25) is 10.1 Å². The van der Waals surface area contributed by atoms with E-state index >= 15 is 0 Å². The number of rotatable bonds is 2. The summed E-state index contributed by atoms with van der Waals surface area (Å²) >= 11 is 0. The van der Waals surface area contributed by atoms with Crippen LogP contribution < -0.4 is 5.32 Å². The topological polar surface area (TPSA) is 41.6 Å². The van der Waals surface area contributed by atoms with Gasteiger partial charge in [-0.25, -0.2) is 0 Å². The maximum absolute atomic E-state index is 12.2. The lowest BCUT2D eigenvalue weighted by Gasteiger charge is -2.29. The van der Waals surface area contributed by atoms with E-state index in [1.165, 1.54) is 0 Å². The first-order valence-corrected chi connectivity index (χ1v) is 6.38. The molecule has 2 aliphatic heterocycles. The standard InChI is InChI=1S/C12H20N2O2/c1-9-13-12(4-5-12)11(15)14(9)8-10-2-6-16-7-3-10/h9-10,13H,2-8H2,1H3. The molecular formula is C12H20N2O2. The third-order valence-corrected chi connectivity index (χ3v) is 4.17. The van der Waals surface area contributed by atoms with Gasteiger partial charge < -0.3 is 9.64 Å². The summed E-state index contributed by atoms with van der Waals surface area (Å²) < 4.78 is 5.35. The second kappa shape index (κ2) is 3.70. The fraction of sp³-hybridized carbons (Fsp3) is 0.917. The number of amides is 1. The Morgan fingerprint density at radius 1 is 1.44 bits per heavy atom. The highest BCUT2D eigenvalue weighted by atomic mass is 16.5. The van der Waals surface area contributed by atoms with Gasteiger partial charge in [0, 0.05) is 19.8 Å². The van der Waals surface area contributed by atoms with Crippen LogP contribution in [0.5, 0.6) is 0 Å². The fourth-order valence-electron chi connectivity index (χ4n) is 2.92. The van der Waals surface area contributed by atoms with E-state index in [0.29, 0.717) is 11.8 Å². The Balaban J connectivity index is 1.63. The van der Waals surface area contributed by atoms with E-state index in [0.717, 1.165) is 45.4 Å². The van der Waals surface area contributed by atoms with Gasteiger partial charge in [0.15, 0.2) is 0 Å². The quantitative estimate of drug-likeness (QED) is 0.751. The van der Waals surface area contributed by atoms with Crippen LogP contribution in [0.3, 0.4) is 0 Å². The maximum Gasteiger partial charge on any atom is 0.244 e. The average molecular weight is 224 g/mol. The molecule has 4 nitrogen and oxygen atoms in total. The summed E-state index contributed by atoms with van der Waals surface area (Å²) in [5.74, 6) is 0.974. The average Bonchev–Trinajstić information content (AvgIpc) is 3.03. The van der Waals surface area contributed by atoms with Gasteiger partial charge in [0.2, 0.25) is 5.91 Å². The maximum atomic E-state index is 12.2. The molecule has 1 aliphatic carbocycles. The highest BCUT2D eigenvalue weighted by molar-refractivity contribution is 5.91. The van der Waals surface area contributed by atoms with Gasteiger partial charge in [-0.2, -0.15) is 0 Å². The summed E-state index contributed by atoms with van der Waals surface area (Å²) in [5.41, 5.74) is -0.148. The van der Waals surface area contributed by atoms with Gasteiger partial charge in [-0.1, -0.05) is 0 Å². The lowest BCUT2D eigenvalue weighted by Crippen LogP contribution is -2.39. The van der Waals surface area contributed by atoms with Crippen molar-refractivity contribution in [2.75, 3.05) is 19.8 Å². The highest BCUT2D eigenvalue weighted by Crippen LogP contribution is 2.42. The van der Waals surface area contributed by atoms with Crippen LogP contribution in [-0.2, 0) is 9.53 Å². The Hall–Kier alpha value is -0.610. The second-order valence-corrected chi connectivity index (χ2v) is 5.42. The molecule has 4 heteroatoms. The van der Waals surface area contributed by atoms with Crippen LogP contribution >= 0.6 is 0 Å². The molecule has 90 valence electrons. The first-order valence-electron chi connectivity index (χ1n) is 6.38. The molecule has 16 heavy (non-hydrogen) atoms. The number of carbonyl (C=O) groups excluding carboxylic acids is 1. The van der Waals surface area contributed by atoms with Crippen LogP contribution in [0, 0.1) is 5.92 Å². The van der Waals surface area contributed by atoms with Crippen molar-refractivity contribution in [3.8, 4) is 0 Å². The Morgan fingerprint density at radius 3 is 2.69 bits per heavy atom. The normalized spacial score (nSPS) is 33.7. The molecule has 2 heterocycles. The van der Waals surface area contributed by atoms with Crippen molar-refractivity contribution in [3.63, 3.8) is 0 Å². The Labute approximate surface area is 96.3 Å². The molecule has 0 aromatic heterocycles. The van der Waals surface area contributed by atoms with Crippen molar-refractivity contribution in [2.45, 2.75) is 44.3 Å². The molecule has 1 N–H and O–H groups in total. The predicted octanol–water partition coefficient (Wildman–Crippen LogP) is 0.723. The molecular weight excluding hydrogens is 204 g/mol. The summed E-state index contributed by atoms with van der Waals surface area (Å²) in [6, 6.07) is 0. The largest absolute Gasteiger partial charge is 0.381 e. The smallest absolute Gasteiger partial charge is 0.244 e. The zero-order valence-electron chi connectivity index (χ0n) is 9.87. The Bertz CT molecular complexity index is 295. The SMILES string of the molecule is CC1NC2(CC2)C(=O)N1CC1CCOCC1. The lowest BCUT2D eigenvalue weighted by molar-refractivity contribution is -0.131. The van der Waals surface area contributed by atoms with Crippen LogP contribution in [0.1, 0.15) is 32.6 Å². The molecule has 1 unspecified atom stereocenters.